The molecule has 2 aromatic carbocycles. The molecule has 0 unspecified atom stereocenters. The number of nitrogens with zero attached hydrogens (tertiary/aromatic N) is 2. The van der Waals surface area contributed by atoms with Gasteiger partial charge in [0.2, 0.25) is 0 Å². The lowest BCUT2D eigenvalue weighted by Gasteiger charge is -2.16. The Bertz CT molecular complexity index is 1140. The summed E-state index contributed by atoms with van der Waals surface area (Å²) in [6.45, 7) is 0.426. The van der Waals surface area contributed by atoms with Crippen LogP contribution in [0, 0.1) is 0 Å². The number of carbonyl (C=O) groups is 1. The van der Waals surface area contributed by atoms with Crippen LogP contribution in [0.2, 0.25) is 0 Å². The molecule has 1 aromatic heterocycles. The second-order valence-electron chi connectivity index (χ2n) is 6.68. The lowest BCUT2D eigenvalue weighted by molar-refractivity contribution is 0.1000. The third-order valence-corrected chi connectivity index (χ3v) is 4.88. The van der Waals surface area contributed by atoms with Crippen LogP contribution in [0.15, 0.2) is 59.9 Å². The van der Waals surface area contributed by atoms with Gasteiger partial charge in [0.15, 0.2) is 17.3 Å². The fourth-order valence-corrected chi connectivity index (χ4v) is 3.34. The molecule has 30 heavy (non-hydrogen) atoms. The first-order valence-electron chi connectivity index (χ1n) is 9.39. The van der Waals surface area contributed by atoms with E-state index in [0.717, 1.165) is 22.4 Å². The van der Waals surface area contributed by atoms with E-state index in [1.807, 2.05) is 24.3 Å². The third kappa shape index (κ3) is 3.75. The Morgan fingerprint density at radius 1 is 0.900 bits per heavy atom. The Kier molecular flexibility index (Phi) is 5.45. The minimum atomic E-state index is -0.00411. The Hall–Kier alpha value is -3.71. The number of rotatable bonds is 6. The summed E-state index contributed by atoms with van der Waals surface area (Å²) in [5.74, 6) is 2.32. The fourth-order valence-electron chi connectivity index (χ4n) is 3.34. The van der Waals surface area contributed by atoms with Crippen LogP contribution >= 0.6 is 0 Å². The molecule has 0 saturated carbocycles. The van der Waals surface area contributed by atoms with Gasteiger partial charge < -0.3 is 19.9 Å². The van der Waals surface area contributed by atoms with E-state index in [1.54, 1.807) is 44.8 Å². The predicted molar refractivity (Wildman–Crippen MR) is 114 cm³/mol. The predicted octanol–water partition coefficient (Wildman–Crippen LogP) is 3.50. The zero-order valence-electron chi connectivity index (χ0n) is 16.7. The van der Waals surface area contributed by atoms with Crippen molar-refractivity contribution in [1.82, 2.24) is 4.98 Å². The van der Waals surface area contributed by atoms with Crippen molar-refractivity contribution in [3.8, 4) is 34.1 Å². The highest BCUT2D eigenvalue weighted by molar-refractivity contribution is 6.16. The molecule has 7 heteroatoms. The summed E-state index contributed by atoms with van der Waals surface area (Å²) in [6.07, 6.45) is 3.37. The number of ether oxygens (including phenoxy) is 3. The molecule has 0 saturated heterocycles. The van der Waals surface area contributed by atoms with E-state index in [9.17, 15) is 4.79 Å². The first-order valence-corrected chi connectivity index (χ1v) is 9.39. The first kappa shape index (κ1) is 19.6. The van der Waals surface area contributed by atoms with E-state index < -0.39 is 0 Å². The highest BCUT2D eigenvalue weighted by Gasteiger charge is 2.20. The SMILES string of the molecule is COc1ccc(Oc2cncc(-c3ccc4c(c3)C(CN)=NCC4=O)c2)c(OC)c1. The van der Waals surface area contributed by atoms with Crippen LogP contribution < -0.4 is 19.9 Å². The Labute approximate surface area is 174 Å². The summed E-state index contributed by atoms with van der Waals surface area (Å²) in [4.78, 5) is 20.7. The van der Waals surface area contributed by atoms with E-state index in [-0.39, 0.29) is 18.9 Å². The molecule has 0 fully saturated rings. The van der Waals surface area contributed by atoms with Crippen LogP contribution in [0.1, 0.15) is 15.9 Å². The van der Waals surface area contributed by atoms with Crippen LogP contribution in [-0.2, 0) is 0 Å². The number of nitrogens with two attached hydrogens (primary N) is 1. The molecule has 3 aromatic rings. The number of methoxy groups -OCH3 is 2. The van der Waals surface area contributed by atoms with Crippen LogP contribution in [-0.4, -0.2) is 43.8 Å². The van der Waals surface area contributed by atoms with Crippen molar-refractivity contribution in [1.29, 1.82) is 0 Å². The van der Waals surface area contributed by atoms with Crippen LogP contribution in [0.3, 0.4) is 0 Å². The molecule has 1 aliphatic rings. The second-order valence-corrected chi connectivity index (χ2v) is 6.68. The molecular weight excluding hydrogens is 382 g/mol. The van der Waals surface area contributed by atoms with Gasteiger partial charge in [0.25, 0.3) is 0 Å². The number of carbonyl (C=O) groups excluding carboxylic acids is 1. The number of hydrogen-bond acceptors (Lipinski definition) is 7. The molecule has 0 spiro atoms. The quantitative estimate of drug-likeness (QED) is 0.677. The number of fused-ring (bicyclic) bond motifs is 1. The standard InChI is InChI=1S/C23H21N3O4/c1-28-16-4-6-22(23(9-16)29-2)30-17-7-15(11-25-12-17)14-3-5-18-19(8-14)20(10-24)26-13-21(18)27/h3-9,11-12H,10,13,24H2,1-2H3. The summed E-state index contributed by atoms with van der Waals surface area (Å²) in [7, 11) is 3.16. The summed E-state index contributed by atoms with van der Waals surface area (Å²) in [6, 6.07) is 12.8. The van der Waals surface area contributed by atoms with Crippen molar-refractivity contribution in [2.24, 2.45) is 10.7 Å². The molecule has 0 aliphatic carbocycles. The van der Waals surface area contributed by atoms with E-state index in [4.69, 9.17) is 19.9 Å². The first-order chi connectivity index (χ1) is 14.6. The number of benzene rings is 2. The van der Waals surface area contributed by atoms with Gasteiger partial charge in [-0.2, -0.15) is 0 Å². The molecule has 0 bridgehead atoms. The molecular formula is C23H21N3O4. The fraction of sp³-hybridized carbons (Fsp3) is 0.174. The summed E-state index contributed by atoms with van der Waals surface area (Å²) >= 11 is 0. The van der Waals surface area contributed by atoms with Crippen LogP contribution in [0.4, 0.5) is 0 Å². The Morgan fingerprint density at radius 2 is 1.77 bits per heavy atom. The molecule has 7 nitrogen and oxygen atoms in total. The maximum absolute atomic E-state index is 12.2. The Balaban J connectivity index is 1.67. The minimum Gasteiger partial charge on any atom is -0.497 e. The van der Waals surface area contributed by atoms with Crippen molar-refractivity contribution < 1.29 is 19.0 Å². The average Bonchev–Trinajstić information content (AvgIpc) is 2.79. The van der Waals surface area contributed by atoms with E-state index in [2.05, 4.69) is 9.98 Å². The zero-order valence-corrected chi connectivity index (χ0v) is 16.7. The molecule has 4 rings (SSSR count). The van der Waals surface area contributed by atoms with E-state index >= 15 is 0 Å². The van der Waals surface area contributed by atoms with E-state index in [0.29, 0.717) is 28.6 Å². The van der Waals surface area contributed by atoms with Crippen LogP contribution in [0.5, 0.6) is 23.0 Å². The lowest BCUT2D eigenvalue weighted by atomic mass is 9.93. The molecule has 152 valence electrons. The van der Waals surface area contributed by atoms with Crippen molar-refractivity contribution in [2.45, 2.75) is 0 Å². The van der Waals surface area contributed by atoms with Gasteiger partial charge >= 0.3 is 0 Å². The van der Waals surface area contributed by atoms with Crippen molar-refractivity contribution >= 4 is 11.5 Å². The summed E-state index contributed by atoms with van der Waals surface area (Å²) < 4.78 is 16.6. The summed E-state index contributed by atoms with van der Waals surface area (Å²) in [5, 5.41) is 0. The maximum atomic E-state index is 12.2. The highest BCUT2D eigenvalue weighted by Crippen LogP contribution is 2.35. The van der Waals surface area contributed by atoms with Crippen molar-refractivity contribution in [2.75, 3.05) is 27.3 Å². The Morgan fingerprint density at radius 3 is 2.53 bits per heavy atom. The largest absolute Gasteiger partial charge is 0.497 e. The number of Topliss-reactive ketones (excluding diaryl/α,β-unsaturated/α-hetero) is 1. The minimum absolute atomic E-state index is 0.00411. The number of aromatic nitrogens is 1. The molecule has 1 aliphatic heterocycles. The summed E-state index contributed by atoms with van der Waals surface area (Å²) in [5.41, 5.74) is 9.71. The lowest BCUT2D eigenvalue weighted by Crippen LogP contribution is -2.24. The van der Waals surface area contributed by atoms with Gasteiger partial charge in [-0.25, -0.2) is 0 Å². The van der Waals surface area contributed by atoms with Gasteiger partial charge in [-0.3, -0.25) is 14.8 Å². The molecule has 0 radical (unpaired) electrons. The zero-order chi connectivity index (χ0) is 21.1. The smallest absolute Gasteiger partial charge is 0.184 e. The molecule has 0 atom stereocenters. The van der Waals surface area contributed by atoms with Gasteiger partial charge in [0, 0.05) is 35.5 Å². The van der Waals surface area contributed by atoms with Gasteiger partial charge in [-0.1, -0.05) is 12.1 Å². The molecule has 2 heterocycles. The normalized spacial score (nSPS) is 12.8. The van der Waals surface area contributed by atoms with Gasteiger partial charge in [0.05, 0.1) is 26.1 Å². The maximum Gasteiger partial charge on any atom is 0.184 e. The number of aliphatic imine (C=N–C) groups is 1. The highest BCUT2D eigenvalue weighted by atomic mass is 16.5. The third-order valence-electron chi connectivity index (χ3n) is 4.88. The topological polar surface area (TPSA) is 96.0 Å². The average molecular weight is 403 g/mol. The number of ketones is 1. The van der Waals surface area contributed by atoms with Gasteiger partial charge in [0.1, 0.15) is 18.0 Å². The van der Waals surface area contributed by atoms with Gasteiger partial charge in [-0.15, -0.1) is 0 Å². The van der Waals surface area contributed by atoms with E-state index in [1.165, 1.54) is 0 Å². The van der Waals surface area contributed by atoms with Gasteiger partial charge in [-0.05, 0) is 29.8 Å². The van der Waals surface area contributed by atoms with Crippen molar-refractivity contribution in [3.63, 3.8) is 0 Å². The van der Waals surface area contributed by atoms with Crippen molar-refractivity contribution in [3.05, 3.63) is 66.0 Å². The number of pyridine rings is 1. The molecule has 2 N–H and O–H groups in total. The second kappa shape index (κ2) is 8.34. The number of hydrogen-bond donors (Lipinski definition) is 1. The monoisotopic (exact) mass is 403 g/mol. The molecule has 0 amide bonds. The van der Waals surface area contributed by atoms with Crippen LogP contribution in [0.25, 0.3) is 11.1 Å².